The Balaban J connectivity index is 1.45. The average Bonchev–Trinajstić information content (AvgIpc) is 2.74. The molecule has 8 heteroatoms. The summed E-state index contributed by atoms with van der Waals surface area (Å²) in [6.07, 6.45) is 0.00517. The molecule has 0 saturated carbocycles. The number of amides is 3. The van der Waals surface area contributed by atoms with Crippen LogP contribution in [0.2, 0.25) is 0 Å². The summed E-state index contributed by atoms with van der Waals surface area (Å²) in [5.41, 5.74) is 1.35. The number of rotatable bonds is 5. The van der Waals surface area contributed by atoms with Crippen LogP contribution in [0, 0.1) is 5.82 Å². The Hall–Kier alpha value is -3.42. The van der Waals surface area contributed by atoms with Crippen molar-refractivity contribution in [3.63, 3.8) is 0 Å². The number of benzene rings is 2. The normalized spacial score (nSPS) is 13.8. The molecule has 1 heterocycles. The number of carboxylic acid groups (broad SMARTS) is 1. The molecule has 1 saturated heterocycles. The van der Waals surface area contributed by atoms with E-state index in [1.165, 1.54) is 18.2 Å². The summed E-state index contributed by atoms with van der Waals surface area (Å²) < 4.78 is 13.7. The van der Waals surface area contributed by atoms with E-state index in [4.69, 9.17) is 5.11 Å². The van der Waals surface area contributed by atoms with Gasteiger partial charge >= 0.3 is 12.0 Å². The quantitative estimate of drug-likeness (QED) is 0.806. The van der Waals surface area contributed by atoms with E-state index in [9.17, 15) is 18.8 Å². The van der Waals surface area contributed by atoms with Crippen molar-refractivity contribution in [2.75, 3.05) is 26.2 Å². The number of urea groups is 1. The largest absolute Gasteiger partial charge is 0.478 e. The number of carbonyl (C=O) groups is 3. The van der Waals surface area contributed by atoms with Gasteiger partial charge in [0.25, 0.3) is 0 Å². The number of carboxylic acids is 1. The first-order valence-corrected chi connectivity index (χ1v) is 9.30. The number of nitrogens with zero attached hydrogens (tertiary/aromatic N) is 2. The lowest BCUT2D eigenvalue weighted by atomic mass is 10.1. The average molecular weight is 399 g/mol. The molecule has 0 unspecified atom stereocenters. The van der Waals surface area contributed by atoms with E-state index < -0.39 is 11.8 Å². The molecule has 0 bridgehead atoms. The molecule has 29 heavy (non-hydrogen) atoms. The first kappa shape index (κ1) is 20.3. The maximum absolute atomic E-state index is 13.7. The zero-order valence-electron chi connectivity index (χ0n) is 15.8. The molecule has 0 spiro atoms. The van der Waals surface area contributed by atoms with Gasteiger partial charge in [-0.1, -0.05) is 30.3 Å². The van der Waals surface area contributed by atoms with Crippen LogP contribution in [0.3, 0.4) is 0 Å². The van der Waals surface area contributed by atoms with Crippen LogP contribution in [0.4, 0.5) is 9.18 Å². The lowest BCUT2D eigenvalue weighted by molar-refractivity contribution is -0.131. The molecule has 152 valence electrons. The molecule has 0 radical (unpaired) electrons. The van der Waals surface area contributed by atoms with E-state index in [1.54, 1.807) is 40.1 Å². The van der Waals surface area contributed by atoms with Gasteiger partial charge < -0.3 is 20.2 Å². The van der Waals surface area contributed by atoms with Crippen molar-refractivity contribution >= 4 is 17.9 Å². The van der Waals surface area contributed by atoms with Crippen molar-refractivity contribution in [1.82, 2.24) is 15.1 Å². The van der Waals surface area contributed by atoms with Gasteiger partial charge in [0.05, 0.1) is 12.0 Å². The highest BCUT2D eigenvalue weighted by Crippen LogP contribution is 2.11. The molecule has 7 nitrogen and oxygen atoms in total. The standard InChI is InChI=1S/C21H22FN3O4/c22-18-4-2-1-3-17(18)13-19(26)24-9-11-25(12-10-24)21(29)23-14-15-5-7-16(8-6-15)20(27)28/h1-8H,9-14H2,(H,23,29)(H,27,28). The zero-order chi connectivity index (χ0) is 20.8. The number of hydrogen-bond donors (Lipinski definition) is 2. The maximum atomic E-state index is 13.7. The predicted molar refractivity (Wildman–Crippen MR) is 104 cm³/mol. The molecule has 0 atom stereocenters. The minimum absolute atomic E-state index is 0.00517. The zero-order valence-corrected chi connectivity index (χ0v) is 15.8. The van der Waals surface area contributed by atoms with Crippen molar-refractivity contribution < 1.29 is 23.9 Å². The highest BCUT2D eigenvalue weighted by atomic mass is 19.1. The Kier molecular flexibility index (Phi) is 6.43. The fraction of sp³-hybridized carbons (Fsp3) is 0.286. The SMILES string of the molecule is O=C(O)c1ccc(CNC(=O)N2CCN(C(=O)Cc3ccccc3F)CC2)cc1. The summed E-state index contributed by atoms with van der Waals surface area (Å²) in [4.78, 5) is 38.8. The second-order valence-electron chi connectivity index (χ2n) is 6.80. The summed E-state index contributed by atoms with van der Waals surface area (Å²) in [5, 5.41) is 11.7. The van der Waals surface area contributed by atoms with Gasteiger partial charge in [0.2, 0.25) is 5.91 Å². The van der Waals surface area contributed by atoms with Crippen LogP contribution in [-0.2, 0) is 17.8 Å². The van der Waals surface area contributed by atoms with Gasteiger partial charge in [0, 0.05) is 32.7 Å². The van der Waals surface area contributed by atoms with Crippen LogP contribution >= 0.6 is 0 Å². The highest BCUT2D eigenvalue weighted by molar-refractivity contribution is 5.87. The molecule has 2 N–H and O–H groups in total. The monoisotopic (exact) mass is 399 g/mol. The number of halogens is 1. The van der Waals surface area contributed by atoms with Crippen LogP contribution < -0.4 is 5.32 Å². The number of nitrogens with one attached hydrogen (secondary N) is 1. The third kappa shape index (κ3) is 5.31. The summed E-state index contributed by atoms with van der Waals surface area (Å²) >= 11 is 0. The summed E-state index contributed by atoms with van der Waals surface area (Å²) in [6.45, 7) is 1.87. The second-order valence-corrected chi connectivity index (χ2v) is 6.80. The third-order valence-electron chi connectivity index (χ3n) is 4.86. The molecule has 1 aliphatic rings. The molecule has 0 aromatic heterocycles. The first-order chi connectivity index (χ1) is 13.9. The molecular weight excluding hydrogens is 377 g/mol. The van der Waals surface area contributed by atoms with E-state index in [0.717, 1.165) is 5.56 Å². The van der Waals surface area contributed by atoms with Gasteiger partial charge in [-0.15, -0.1) is 0 Å². The predicted octanol–water partition coefficient (Wildman–Crippen LogP) is 2.12. The van der Waals surface area contributed by atoms with Gasteiger partial charge in [-0.05, 0) is 29.3 Å². The van der Waals surface area contributed by atoms with Gasteiger partial charge in [0.15, 0.2) is 0 Å². The molecular formula is C21H22FN3O4. The van der Waals surface area contributed by atoms with Gasteiger partial charge in [-0.2, -0.15) is 0 Å². The Morgan fingerprint density at radius 3 is 2.17 bits per heavy atom. The van der Waals surface area contributed by atoms with Crippen LogP contribution in [0.25, 0.3) is 0 Å². The minimum atomic E-state index is -0.997. The molecule has 1 aliphatic heterocycles. The second kappa shape index (κ2) is 9.18. The van der Waals surface area contributed by atoms with E-state index in [2.05, 4.69) is 5.32 Å². The maximum Gasteiger partial charge on any atom is 0.335 e. The van der Waals surface area contributed by atoms with E-state index >= 15 is 0 Å². The van der Waals surface area contributed by atoms with Gasteiger partial charge in [-0.3, -0.25) is 4.79 Å². The molecule has 1 fully saturated rings. The Labute approximate surface area is 167 Å². The number of hydrogen-bond acceptors (Lipinski definition) is 3. The summed E-state index contributed by atoms with van der Waals surface area (Å²) in [6, 6.07) is 12.3. The molecule has 0 aliphatic carbocycles. The number of aromatic carboxylic acids is 1. The summed E-state index contributed by atoms with van der Waals surface area (Å²) in [5.74, 6) is -1.55. The molecule has 3 amide bonds. The van der Waals surface area contributed by atoms with Crippen molar-refractivity contribution in [3.05, 3.63) is 71.0 Å². The van der Waals surface area contributed by atoms with Crippen molar-refractivity contribution in [1.29, 1.82) is 0 Å². The van der Waals surface area contributed by atoms with Crippen LogP contribution in [0.5, 0.6) is 0 Å². The van der Waals surface area contributed by atoms with Gasteiger partial charge in [-0.25, -0.2) is 14.0 Å². The van der Waals surface area contributed by atoms with Crippen molar-refractivity contribution in [2.24, 2.45) is 0 Å². The first-order valence-electron chi connectivity index (χ1n) is 9.30. The van der Waals surface area contributed by atoms with Crippen LogP contribution in [-0.4, -0.2) is 59.0 Å². The summed E-state index contributed by atoms with van der Waals surface area (Å²) in [7, 11) is 0. The van der Waals surface area contributed by atoms with Crippen LogP contribution in [0.15, 0.2) is 48.5 Å². The fourth-order valence-corrected chi connectivity index (χ4v) is 3.13. The lowest BCUT2D eigenvalue weighted by Gasteiger charge is -2.34. The van der Waals surface area contributed by atoms with Crippen molar-refractivity contribution in [2.45, 2.75) is 13.0 Å². The minimum Gasteiger partial charge on any atom is -0.478 e. The fourth-order valence-electron chi connectivity index (χ4n) is 3.13. The third-order valence-corrected chi connectivity index (χ3v) is 4.86. The number of carbonyl (C=O) groups excluding carboxylic acids is 2. The Bertz CT molecular complexity index is 893. The van der Waals surface area contributed by atoms with E-state index in [1.807, 2.05) is 0 Å². The Morgan fingerprint density at radius 2 is 1.55 bits per heavy atom. The molecule has 3 rings (SSSR count). The van der Waals surface area contributed by atoms with E-state index in [-0.39, 0.29) is 30.5 Å². The van der Waals surface area contributed by atoms with E-state index in [0.29, 0.717) is 31.7 Å². The topological polar surface area (TPSA) is 89.9 Å². The van der Waals surface area contributed by atoms with Crippen LogP contribution in [0.1, 0.15) is 21.5 Å². The number of piperazine rings is 1. The Morgan fingerprint density at radius 1 is 0.931 bits per heavy atom. The van der Waals surface area contributed by atoms with Gasteiger partial charge in [0.1, 0.15) is 5.82 Å². The molecule has 2 aromatic rings. The lowest BCUT2D eigenvalue weighted by Crippen LogP contribution is -2.53. The highest BCUT2D eigenvalue weighted by Gasteiger charge is 2.24. The smallest absolute Gasteiger partial charge is 0.335 e. The molecule has 2 aromatic carbocycles. The van der Waals surface area contributed by atoms with Crippen molar-refractivity contribution in [3.8, 4) is 0 Å².